The molecule has 0 fully saturated rings. The molecule has 5 nitrogen and oxygen atoms in total. The first-order chi connectivity index (χ1) is 14.9. The van der Waals surface area contributed by atoms with E-state index in [0.717, 1.165) is 16.7 Å². The lowest BCUT2D eigenvalue weighted by atomic mass is 9.92. The number of fused-ring (bicyclic) bond motifs is 1. The van der Waals surface area contributed by atoms with Gasteiger partial charge in [-0.15, -0.1) is 0 Å². The molecule has 2 heterocycles. The van der Waals surface area contributed by atoms with E-state index in [2.05, 4.69) is 43.4 Å². The number of nitrogens with one attached hydrogen (secondary N) is 1. The van der Waals surface area contributed by atoms with Gasteiger partial charge in [-0.05, 0) is 47.2 Å². The van der Waals surface area contributed by atoms with Gasteiger partial charge in [-0.3, -0.25) is 9.59 Å². The smallest absolute Gasteiger partial charge is 0.290 e. The van der Waals surface area contributed by atoms with E-state index in [9.17, 15) is 9.59 Å². The number of rotatable bonds is 5. The molecule has 0 saturated heterocycles. The van der Waals surface area contributed by atoms with Crippen molar-refractivity contribution in [3.8, 4) is 0 Å². The van der Waals surface area contributed by atoms with Gasteiger partial charge >= 0.3 is 0 Å². The maximum Gasteiger partial charge on any atom is 0.290 e. The summed E-state index contributed by atoms with van der Waals surface area (Å²) in [6.07, 6.45) is 1.95. The van der Waals surface area contributed by atoms with Gasteiger partial charge in [-0.1, -0.05) is 62.4 Å². The Labute approximate surface area is 183 Å². The third-order valence-corrected chi connectivity index (χ3v) is 6.01. The van der Waals surface area contributed by atoms with Crippen molar-refractivity contribution in [2.24, 2.45) is 0 Å². The minimum atomic E-state index is -0.593. The Balaban J connectivity index is 1.55. The molecule has 1 N–H and O–H groups in total. The molecule has 31 heavy (non-hydrogen) atoms. The molecule has 160 valence electrons. The Hall–Kier alpha value is -3.34. The van der Waals surface area contributed by atoms with Gasteiger partial charge < -0.3 is 14.6 Å². The average Bonchev–Trinajstić information content (AvgIpc) is 3.32. The molecule has 0 saturated carbocycles. The van der Waals surface area contributed by atoms with Crippen LogP contribution in [-0.2, 0) is 17.8 Å². The molecule has 1 aliphatic rings. The molecule has 1 aliphatic heterocycles. The number of benzene rings is 2. The SMILES string of the molecule is CC(C)c1ccc([C@H](C)NC(=O)[C@@H]2Cc3ccccc3CN2C(=O)c2ccco2)cc1. The van der Waals surface area contributed by atoms with E-state index in [4.69, 9.17) is 4.42 Å². The fraction of sp³-hybridized carbons (Fsp3) is 0.308. The van der Waals surface area contributed by atoms with Crippen LogP contribution < -0.4 is 5.32 Å². The molecular formula is C26H28N2O3. The van der Waals surface area contributed by atoms with Gasteiger partial charge in [0.25, 0.3) is 5.91 Å². The molecule has 0 spiro atoms. The molecule has 2 aromatic carbocycles. The Morgan fingerprint density at radius 3 is 2.26 bits per heavy atom. The molecule has 2 amide bonds. The van der Waals surface area contributed by atoms with Crippen LogP contribution in [-0.4, -0.2) is 22.8 Å². The molecule has 4 rings (SSSR count). The van der Waals surface area contributed by atoms with Crippen LogP contribution in [0.25, 0.3) is 0 Å². The van der Waals surface area contributed by atoms with E-state index in [1.54, 1.807) is 17.0 Å². The van der Waals surface area contributed by atoms with Gasteiger partial charge in [0.1, 0.15) is 6.04 Å². The van der Waals surface area contributed by atoms with Crippen LogP contribution in [0.4, 0.5) is 0 Å². The maximum atomic E-state index is 13.3. The van der Waals surface area contributed by atoms with Gasteiger partial charge in [-0.25, -0.2) is 0 Å². The molecule has 0 unspecified atom stereocenters. The minimum absolute atomic E-state index is 0.158. The van der Waals surface area contributed by atoms with Gasteiger partial charge in [0, 0.05) is 13.0 Å². The zero-order valence-corrected chi connectivity index (χ0v) is 18.2. The zero-order chi connectivity index (χ0) is 22.0. The highest BCUT2D eigenvalue weighted by molar-refractivity contribution is 5.96. The van der Waals surface area contributed by atoms with Crippen molar-refractivity contribution < 1.29 is 14.0 Å². The fourth-order valence-electron chi connectivity index (χ4n) is 4.07. The Morgan fingerprint density at radius 1 is 0.935 bits per heavy atom. The molecule has 5 heteroatoms. The average molecular weight is 417 g/mol. The van der Waals surface area contributed by atoms with E-state index < -0.39 is 6.04 Å². The number of nitrogens with zero attached hydrogens (tertiary/aromatic N) is 1. The van der Waals surface area contributed by atoms with Crippen LogP contribution in [0.15, 0.2) is 71.3 Å². The van der Waals surface area contributed by atoms with Gasteiger partial charge in [0.05, 0.1) is 12.3 Å². The lowest BCUT2D eigenvalue weighted by Gasteiger charge is -2.36. The molecule has 3 aromatic rings. The third kappa shape index (κ3) is 4.41. The van der Waals surface area contributed by atoms with Crippen molar-refractivity contribution >= 4 is 11.8 Å². The summed E-state index contributed by atoms with van der Waals surface area (Å²) < 4.78 is 5.32. The summed E-state index contributed by atoms with van der Waals surface area (Å²) in [6.45, 7) is 6.67. The molecule has 2 atom stereocenters. The van der Waals surface area contributed by atoms with E-state index in [1.165, 1.54) is 11.8 Å². The van der Waals surface area contributed by atoms with Crippen molar-refractivity contribution in [3.05, 3.63) is 94.9 Å². The van der Waals surface area contributed by atoms with Crippen LogP contribution in [0, 0.1) is 0 Å². The Bertz CT molecular complexity index is 1050. The largest absolute Gasteiger partial charge is 0.459 e. The van der Waals surface area contributed by atoms with Gasteiger partial charge in [0.2, 0.25) is 5.91 Å². The molecule has 0 bridgehead atoms. The zero-order valence-electron chi connectivity index (χ0n) is 18.2. The lowest BCUT2D eigenvalue weighted by molar-refractivity contribution is -0.126. The van der Waals surface area contributed by atoms with E-state index in [1.807, 2.05) is 31.2 Å². The molecule has 0 radical (unpaired) electrons. The number of carbonyl (C=O) groups excluding carboxylic acids is 2. The number of amides is 2. The van der Waals surface area contributed by atoms with Crippen LogP contribution in [0.1, 0.15) is 65.5 Å². The van der Waals surface area contributed by atoms with Crippen molar-refractivity contribution in [1.82, 2.24) is 10.2 Å². The van der Waals surface area contributed by atoms with Crippen molar-refractivity contribution in [1.29, 1.82) is 0 Å². The second-order valence-electron chi connectivity index (χ2n) is 8.45. The maximum absolute atomic E-state index is 13.3. The van der Waals surface area contributed by atoms with Gasteiger partial charge in [-0.2, -0.15) is 0 Å². The highest BCUT2D eigenvalue weighted by atomic mass is 16.3. The topological polar surface area (TPSA) is 62.6 Å². The monoisotopic (exact) mass is 416 g/mol. The molecule has 0 aliphatic carbocycles. The first-order valence-electron chi connectivity index (χ1n) is 10.8. The quantitative estimate of drug-likeness (QED) is 0.647. The van der Waals surface area contributed by atoms with Crippen LogP contribution in [0.2, 0.25) is 0 Å². The molecule has 1 aromatic heterocycles. The first-order valence-corrected chi connectivity index (χ1v) is 10.8. The lowest BCUT2D eigenvalue weighted by Crippen LogP contribution is -2.52. The van der Waals surface area contributed by atoms with Gasteiger partial charge in [0.15, 0.2) is 5.76 Å². The predicted octanol–water partition coefficient (Wildman–Crippen LogP) is 4.85. The van der Waals surface area contributed by atoms with Crippen molar-refractivity contribution in [3.63, 3.8) is 0 Å². The Kier molecular flexibility index (Phi) is 5.94. The standard InChI is InChI=1S/C26H28N2O3/c1-17(2)19-10-12-20(13-11-19)18(3)27-25(29)23-15-21-7-4-5-8-22(21)16-28(23)26(30)24-9-6-14-31-24/h4-14,17-18,23H,15-16H2,1-3H3,(H,27,29)/t18-,23-/m0/s1. The van der Waals surface area contributed by atoms with Crippen molar-refractivity contribution in [2.45, 2.75) is 51.7 Å². The van der Waals surface area contributed by atoms with Crippen LogP contribution in [0.3, 0.4) is 0 Å². The normalized spacial score (nSPS) is 16.6. The Morgan fingerprint density at radius 2 is 1.61 bits per heavy atom. The summed E-state index contributed by atoms with van der Waals surface area (Å²) in [5.41, 5.74) is 4.46. The highest BCUT2D eigenvalue weighted by Gasteiger charge is 2.36. The number of carbonyl (C=O) groups is 2. The minimum Gasteiger partial charge on any atom is -0.459 e. The fourth-order valence-corrected chi connectivity index (χ4v) is 4.07. The summed E-state index contributed by atoms with van der Waals surface area (Å²) in [6, 6.07) is 18.8. The predicted molar refractivity (Wildman–Crippen MR) is 120 cm³/mol. The van der Waals surface area contributed by atoms with Crippen LogP contribution >= 0.6 is 0 Å². The highest BCUT2D eigenvalue weighted by Crippen LogP contribution is 2.26. The number of furan rings is 1. The second kappa shape index (κ2) is 8.80. The van der Waals surface area contributed by atoms with E-state index in [-0.39, 0.29) is 23.6 Å². The summed E-state index contributed by atoms with van der Waals surface area (Å²) in [5.74, 6) is 0.278. The first kappa shape index (κ1) is 20.9. The number of hydrogen-bond donors (Lipinski definition) is 1. The van der Waals surface area contributed by atoms with Crippen molar-refractivity contribution in [2.75, 3.05) is 0 Å². The summed E-state index contributed by atoms with van der Waals surface area (Å²) in [4.78, 5) is 28.0. The summed E-state index contributed by atoms with van der Waals surface area (Å²) in [5, 5.41) is 3.11. The summed E-state index contributed by atoms with van der Waals surface area (Å²) >= 11 is 0. The van der Waals surface area contributed by atoms with Crippen LogP contribution in [0.5, 0.6) is 0 Å². The van der Waals surface area contributed by atoms with E-state index in [0.29, 0.717) is 18.9 Å². The third-order valence-electron chi connectivity index (χ3n) is 6.01. The number of hydrogen-bond acceptors (Lipinski definition) is 3. The second-order valence-corrected chi connectivity index (χ2v) is 8.45. The summed E-state index contributed by atoms with van der Waals surface area (Å²) in [7, 11) is 0. The molecular weight excluding hydrogens is 388 g/mol. The van der Waals surface area contributed by atoms with E-state index >= 15 is 0 Å².